The van der Waals surface area contributed by atoms with E-state index in [0.29, 0.717) is 28.9 Å². The van der Waals surface area contributed by atoms with Crippen molar-refractivity contribution in [3.63, 3.8) is 0 Å². The molecule has 3 aromatic rings. The second-order valence-corrected chi connectivity index (χ2v) is 7.11. The van der Waals surface area contributed by atoms with Gasteiger partial charge in [0.05, 0.1) is 12.6 Å². The normalized spacial score (nSPS) is 12.2. The molecular formula is C25H19N3O2. The molecule has 0 aliphatic carbocycles. The molecule has 0 bridgehead atoms. The van der Waals surface area contributed by atoms with E-state index in [1.165, 1.54) is 0 Å². The number of rotatable bonds is 5. The average molecular weight is 393 g/mol. The van der Waals surface area contributed by atoms with Crippen LogP contribution in [0.25, 0.3) is 11.1 Å². The van der Waals surface area contributed by atoms with E-state index in [1.54, 1.807) is 23.1 Å². The van der Waals surface area contributed by atoms with Crippen molar-refractivity contribution in [3.05, 3.63) is 102 Å². The number of nitrogens with zero attached hydrogens (tertiary/aromatic N) is 2. The van der Waals surface area contributed by atoms with Crippen LogP contribution in [0.1, 0.15) is 26.3 Å². The first-order valence-corrected chi connectivity index (χ1v) is 9.52. The van der Waals surface area contributed by atoms with Crippen molar-refractivity contribution < 1.29 is 9.59 Å². The number of nitrogens with one attached hydrogen (secondary N) is 1. The van der Waals surface area contributed by atoms with Crippen molar-refractivity contribution in [2.45, 2.75) is 6.54 Å². The first-order valence-electron chi connectivity index (χ1n) is 9.52. The van der Waals surface area contributed by atoms with Crippen LogP contribution in [-0.2, 0) is 6.54 Å². The fourth-order valence-corrected chi connectivity index (χ4v) is 3.61. The lowest BCUT2D eigenvalue weighted by Gasteiger charge is -2.14. The molecule has 0 atom stereocenters. The zero-order valence-corrected chi connectivity index (χ0v) is 16.3. The fourth-order valence-electron chi connectivity index (χ4n) is 3.61. The summed E-state index contributed by atoms with van der Waals surface area (Å²) in [5, 5.41) is 11.9. The van der Waals surface area contributed by atoms with E-state index < -0.39 is 0 Å². The highest BCUT2D eigenvalue weighted by molar-refractivity contribution is 6.05. The third-order valence-corrected chi connectivity index (χ3v) is 5.05. The summed E-state index contributed by atoms with van der Waals surface area (Å²) in [7, 11) is 0. The SMILES string of the molecule is C=C(C#N)CN1Cc2c(cccc2-c2cccc(NC(=O)c3ccccc3)c2)C1=O. The number of fused-ring (bicyclic) bond motifs is 1. The molecule has 0 aromatic heterocycles. The molecule has 0 saturated heterocycles. The van der Waals surface area contributed by atoms with E-state index in [1.807, 2.05) is 60.7 Å². The van der Waals surface area contributed by atoms with Gasteiger partial charge in [0.25, 0.3) is 11.8 Å². The maximum atomic E-state index is 12.7. The number of hydrogen-bond acceptors (Lipinski definition) is 3. The van der Waals surface area contributed by atoms with Gasteiger partial charge in [-0.25, -0.2) is 0 Å². The fraction of sp³-hybridized carbons (Fsp3) is 0.0800. The Labute approximate surface area is 174 Å². The zero-order valence-electron chi connectivity index (χ0n) is 16.3. The lowest BCUT2D eigenvalue weighted by Crippen LogP contribution is -2.25. The van der Waals surface area contributed by atoms with Crippen molar-refractivity contribution in [1.29, 1.82) is 5.26 Å². The lowest BCUT2D eigenvalue weighted by molar-refractivity contribution is 0.0793. The molecule has 4 rings (SSSR count). The number of nitriles is 1. The van der Waals surface area contributed by atoms with Gasteiger partial charge in [-0.15, -0.1) is 0 Å². The molecular weight excluding hydrogens is 374 g/mol. The van der Waals surface area contributed by atoms with Crippen LogP contribution in [-0.4, -0.2) is 23.3 Å². The topological polar surface area (TPSA) is 73.2 Å². The van der Waals surface area contributed by atoms with Gasteiger partial charge >= 0.3 is 0 Å². The molecule has 1 aliphatic heterocycles. The molecule has 0 saturated carbocycles. The number of hydrogen-bond donors (Lipinski definition) is 1. The number of anilines is 1. The predicted molar refractivity (Wildman–Crippen MR) is 116 cm³/mol. The van der Waals surface area contributed by atoms with Gasteiger partial charge in [0.1, 0.15) is 0 Å². The van der Waals surface area contributed by atoms with Crippen LogP contribution >= 0.6 is 0 Å². The van der Waals surface area contributed by atoms with Crippen LogP contribution in [0.3, 0.4) is 0 Å². The Hall–Kier alpha value is -4.17. The Kier molecular flexibility index (Phi) is 5.15. The summed E-state index contributed by atoms with van der Waals surface area (Å²) in [6.45, 7) is 4.32. The second-order valence-electron chi connectivity index (χ2n) is 7.11. The van der Waals surface area contributed by atoms with E-state index in [0.717, 1.165) is 16.7 Å². The monoisotopic (exact) mass is 393 g/mol. The highest BCUT2D eigenvalue weighted by Crippen LogP contribution is 2.34. The van der Waals surface area contributed by atoms with Crippen LogP contribution in [0.2, 0.25) is 0 Å². The van der Waals surface area contributed by atoms with Crippen LogP contribution in [0.5, 0.6) is 0 Å². The van der Waals surface area contributed by atoms with E-state index in [-0.39, 0.29) is 18.4 Å². The minimum atomic E-state index is -0.178. The van der Waals surface area contributed by atoms with Gasteiger partial charge in [0.15, 0.2) is 0 Å². The first kappa shape index (κ1) is 19.2. The number of amides is 2. The lowest BCUT2D eigenvalue weighted by atomic mass is 9.96. The molecule has 3 aromatic carbocycles. The van der Waals surface area contributed by atoms with Gasteiger partial charge in [-0.1, -0.05) is 49.0 Å². The summed E-state index contributed by atoms with van der Waals surface area (Å²) in [5.74, 6) is -0.279. The Morgan fingerprint density at radius 2 is 1.77 bits per heavy atom. The van der Waals surface area contributed by atoms with Crippen LogP contribution in [0.15, 0.2) is 84.9 Å². The maximum Gasteiger partial charge on any atom is 0.255 e. The quantitative estimate of drug-likeness (QED) is 0.642. The minimum absolute atomic E-state index is 0.100. The molecule has 1 heterocycles. The van der Waals surface area contributed by atoms with E-state index >= 15 is 0 Å². The van der Waals surface area contributed by atoms with Gasteiger partial charge in [-0.2, -0.15) is 5.26 Å². The van der Waals surface area contributed by atoms with Crippen molar-refractivity contribution >= 4 is 17.5 Å². The van der Waals surface area contributed by atoms with Crippen molar-refractivity contribution in [3.8, 4) is 17.2 Å². The molecule has 0 radical (unpaired) electrons. The zero-order chi connectivity index (χ0) is 21.1. The molecule has 0 spiro atoms. The number of carbonyl (C=O) groups excluding carboxylic acids is 2. The molecule has 30 heavy (non-hydrogen) atoms. The molecule has 5 nitrogen and oxygen atoms in total. The van der Waals surface area contributed by atoms with Crippen molar-refractivity contribution in [2.24, 2.45) is 0 Å². The number of benzene rings is 3. The van der Waals surface area contributed by atoms with Gasteiger partial charge < -0.3 is 10.2 Å². The standard InChI is InChI=1S/C25H19N3O2/c1-17(14-26)15-28-16-23-21(11-6-12-22(23)25(28)30)19-9-5-10-20(13-19)27-24(29)18-7-3-2-4-8-18/h2-13H,1,15-16H2,(H,27,29). The van der Waals surface area contributed by atoms with Crippen molar-refractivity contribution in [2.75, 3.05) is 11.9 Å². The molecule has 2 amide bonds. The first-order chi connectivity index (χ1) is 14.6. The summed E-state index contributed by atoms with van der Waals surface area (Å²) in [4.78, 5) is 26.8. The third kappa shape index (κ3) is 3.71. The Bertz CT molecular complexity index is 1190. The molecule has 146 valence electrons. The largest absolute Gasteiger partial charge is 0.329 e. The molecule has 1 aliphatic rings. The summed E-state index contributed by atoms with van der Waals surface area (Å²) < 4.78 is 0. The highest BCUT2D eigenvalue weighted by Gasteiger charge is 2.29. The molecule has 0 unspecified atom stereocenters. The number of carbonyl (C=O) groups is 2. The van der Waals surface area contributed by atoms with E-state index in [9.17, 15) is 9.59 Å². The highest BCUT2D eigenvalue weighted by atomic mass is 16.2. The predicted octanol–water partition coefficient (Wildman–Crippen LogP) is 4.64. The summed E-state index contributed by atoms with van der Waals surface area (Å²) in [6.07, 6.45) is 0. The minimum Gasteiger partial charge on any atom is -0.329 e. The van der Waals surface area contributed by atoms with Crippen LogP contribution < -0.4 is 5.32 Å². The average Bonchev–Trinajstić information content (AvgIpc) is 3.09. The van der Waals surface area contributed by atoms with Gasteiger partial charge in [-0.05, 0) is 47.0 Å². The van der Waals surface area contributed by atoms with Crippen molar-refractivity contribution in [1.82, 2.24) is 4.90 Å². The van der Waals surface area contributed by atoms with Crippen LogP contribution in [0.4, 0.5) is 5.69 Å². The second kappa shape index (κ2) is 8.06. The smallest absolute Gasteiger partial charge is 0.255 e. The van der Waals surface area contributed by atoms with Gasteiger partial charge in [0, 0.05) is 28.9 Å². The Morgan fingerprint density at radius 1 is 1.03 bits per heavy atom. The maximum absolute atomic E-state index is 12.7. The summed E-state index contributed by atoms with van der Waals surface area (Å²) >= 11 is 0. The Balaban J connectivity index is 1.62. The van der Waals surface area contributed by atoms with Gasteiger partial charge in [0.2, 0.25) is 0 Å². The Morgan fingerprint density at radius 3 is 2.53 bits per heavy atom. The third-order valence-electron chi connectivity index (χ3n) is 5.05. The molecule has 0 fully saturated rings. The summed E-state index contributed by atoms with van der Waals surface area (Å²) in [6, 6.07) is 24.2. The van der Waals surface area contributed by atoms with E-state index in [2.05, 4.69) is 11.9 Å². The van der Waals surface area contributed by atoms with Crippen LogP contribution in [0, 0.1) is 11.3 Å². The molecule has 1 N–H and O–H groups in total. The molecule has 5 heteroatoms. The van der Waals surface area contributed by atoms with Gasteiger partial charge in [-0.3, -0.25) is 9.59 Å². The summed E-state index contributed by atoms with van der Waals surface area (Å²) in [5.41, 5.74) is 5.01. The van der Waals surface area contributed by atoms with E-state index in [4.69, 9.17) is 5.26 Å².